The molecule has 3 saturated heterocycles. The quantitative estimate of drug-likeness (QED) is 0.475. The first-order chi connectivity index (χ1) is 16.9. The first-order valence-corrected chi connectivity index (χ1v) is 13.3. The molecule has 3 fully saturated rings. The molecule has 0 aliphatic carbocycles. The zero-order valence-electron chi connectivity index (χ0n) is 19.3. The molecule has 0 amide bonds. The van der Waals surface area contributed by atoms with Crippen LogP contribution in [0.1, 0.15) is 31.4 Å². The smallest absolute Gasteiger partial charge is 0.282 e. The fraction of sp³-hybridized carbons (Fsp3) is 0.478. The second kappa shape index (κ2) is 8.44. The van der Waals surface area contributed by atoms with Crippen LogP contribution in [-0.4, -0.2) is 68.4 Å². The Labute approximate surface area is 203 Å². The number of rotatable bonds is 6. The highest BCUT2D eigenvalue weighted by molar-refractivity contribution is 7.86. The van der Waals surface area contributed by atoms with Gasteiger partial charge in [-0.1, -0.05) is 0 Å². The Balaban J connectivity index is 1.22. The molecule has 35 heavy (non-hydrogen) atoms. The summed E-state index contributed by atoms with van der Waals surface area (Å²) < 4.78 is 29.6. The van der Waals surface area contributed by atoms with E-state index in [0.717, 1.165) is 35.3 Å². The summed E-state index contributed by atoms with van der Waals surface area (Å²) in [5, 5.41) is 23.9. The van der Waals surface area contributed by atoms with Gasteiger partial charge in [-0.2, -0.15) is 27.4 Å². The Morgan fingerprint density at radius 1 is 1.17 bits per heavy atom. The summed E-state index contributed by atoms with van der Waals surface area (Å²) in [6, 6.07) is 9.84. The van der Waals surface area contributed by atoms with Crippen molar-refractivity contribution in [2.75, 3.05) is 23.7 Å². The second-order valence-electron chi connectivity index (χ2n) is 9.67. The first kappa shape index (κ1) is 22.2. The van der Waals surface area contributed by atoms with Crippen LogP contribution in [0.15, 0.2) is 30.5 Å². The second-order valence-corrected chi connectivity index (χ2v) is 11.5. The average molecular weight is 494 g/mol. The van der Waals surface area contributed by atoms with Crippen molar-refractivity contribution in [1.82, 2.24) is 28.8 Å². The molecule has 3 aliphatic rings. The number of H-pyrrole nitrogens is 1. The van der Waals surface area contributed by atoms with Gasteiger partial charge in [-0.05, 0) is 44.7 Å². The van der Waals surface area contributed by atoms with Crippen LogP contribution in [0.5, 0.6) is 0 Å². The molecule has 0 aromatic carbocycles. The molecule has 2 bridgehead atoms. The van der Waals surface area contributed by atoms with Gasteiger partial charge in [0.2, 0.25) is 0 Å². The zero-order valence-corrected chi connectivity index (χ0v) is 20.2. The number of fused-ring (bicyclic) bond motifs is 3. The van der Waals surface area contributed by atoms with Crippen LogP contribution in [0.4, 0.5) is 17.5 Å². The average Bonchev–Trinajstić information content (AvgIpc) is 3.33. The third-order valence-electron chi connectivity index (χ3n) is 7.19. The summed E-state index contributed by atoms with van der Waals surface area (Å²) in [5.41, 5.74) is 1.76. The number of nitrogens with zero attached hydrogens (tertiary/aromatic N) is 6. The highest BCUT2D eigenvalue weighted by Crippen LogP contribution is 2.41. The van der Waals surface area contributed by atoms with Gasteiger partial charge < -0.3 is 10.6 Å². The third kappa shape index (κ3) is 3.99. The molecule has 11 nitrogen and oxygen atoms in total. The van der Waals surface area contributed by atoms with Crippen LogP contribution in [-0.2, 0) is 10.2 Å². The zero-order chi connectivity index (χ0) is 24.2. The van der Waals surface area contributed by atoms with E-state index in [1.807, 2.05) is 31.2 Å². The fourth-order valence-corrected chi connectivity index (χ4v) is 7.67. The number of nitrogens with one attached hydrogen (secondary N) is 3. The van der Waals surface area contributed by atoms with Crippen molar-refractivity contribution < 1.29 is 8.42 Å². The predicted octanol–water partition coefficient (Wildman–Crippen LogP) is 2.51. The van der Waals surface area contributed by atoms with Crippen molar-refractivity contribution in [1.29, 1.82) is 5.26 Å². The number of pyridine rings is 2. The lowest BCUT2D eigenvalue weighted by Gasteiger charge is -2.44. The maximum atomic E-state index is 13.2. The van der Waals surface area contributed by atoms with Crippen LogP contribution in [0.2, 0.25) is 0 Å². The van der Waals surface area contributed by atoms with Crippen molar-refractivity contribution in [2.45, 2.75) is 50.7 Å². The Hall–Kier alpha value is -3.27. The Morgan fingerprint density at radius 3 is 2.63 bits per heavy atom. The molecule has 3 aromatic heterocycles. The van der Waals surface area contributed by atoms with E-state index >= 15 is 0 Å². The molecule has 12 heteroatoms. The minimum atomic E-state index is -3.53. The lowest BCUT2D eigenvalue weighted by Crippen LogP contribution is -2.59. The molecule has 0 spiro atoms. The summed E-state index contributed by atoms with van der Waals surface area (Å²) in [7, 11) is -3.53. The molecule has 0 radical (unpaired) electrons. The van der Waals surface area contributed by atoms with Gasteiger partial charge in [0, 0.05) is 60.6 Å². The Morgan fingerprint density at radius 2 is 1.94 bits per heavy atom. The summed E-state index contributed by atoms with van der Waals surface area (Å²) >= 11 is 0. The molecule has 182 valence electrons. The van der Waals surface area contributed by atoms with Crippen LogP contribution < -0.4 is 10.6 Å². The summed E-state index contributed by atoms with van der Waals surface area (Å²) in [4.78, 5) is 9.33. The minimum absolute atomic E-state index is 0.0462. The van der Waals surface area contributed by atoms with E-state index in [-0.39, 0.29) is 24.0 Å². The van der Waals surface area contributed by atoms with Crippen LogP contribution in [0.3, 0.4) is 0 Å². The van der Waals surface area contributed by atoms with Gasteiger partial charge in [0.1, 0.15) is 11.6 Å². The predicted molar refractivity (Wildman–Crippen MR) is 131 cm³/mol. The van der Waals surface area contributed by atoms with E-state index in [1.165, 1.54) is 4.31 Å². The van der Waals surface area contributed by atoms with Gasteiger partial charge in [-0.25, -0.2) is 4.98 Å². The van der Waals surface area contributed by atoms with Gasteiger partial charge in [0.25, 0.3) is 10.2 Å². The number of hydrogen-bond acceptors (Lipinski definition) is 8. The van der Waals surface area contributed by atoms with E-state index in [2.05, 4.69) is 31.9 Å². The first-order valence-electron chi connectivity index (χ1n) is 11.9. The minimum Gasteiger partial charge on any atom is -0.367 e. The maximum Gasteiger partial charge on any atom is 0.282 e. The molecule has 0 saturated carbocycles. The van der Waals surface area contributed by atoms with E-state index in [9.17, 15) is 8.42 Å². The van der Waals surface area contributed by atoms with Crippen LogP contribution >= 0.6 is 0 Å². The number of anilines is 3. The number of aryl methyl sites for hydroxylation is 1. The van der Waals surface area contributed by atoms with Crippen LogP contribution in [0, 0.1) is 24.2 Å². The van der Waals surface area contributed by atoms with Gasteiger partial charge in [0.05, 0.1) is 17.5 Å². The topological polar surface area (TPSA) is 143 Å². The highest BCUT2D eigenvalue weighted by atomic mass is 32.2. The number of nitriles is 1. The van der Waals surface area contributed by atoms with Gasteiger partial charge in [-0.15, -0.1) is 0 Å². The molecule has 2 atom stereocenters. The lowest BCUT2D eigenvalue weighted by molar-refractivity contribution is 0.182. The maximum absolute atomic E-state index is 13.2. The number of piperidine rings is 1. The molecule has 3 aliphatic heterocycles. The SMILES string of the molecule is Cc1cc(Nc2cc3ncccc3c(NC3CC4CCC(C3)N4S(=O)(=O)N3CC(C#N)C3)n2)n[nH]1. The summed E-state index contributed by atoms with van der Waals surface area (Å²) in [5.74, 6) is 1.85. The molecule has 6 heterocycles. The van der Waals surface area contributed by atoms with Crippen molar-refractivity contribution in [3.63, 3.8) is 0 Å². The molecule has 3 aromatic rings. The van der Waals surface area contributed by atoms with Crippen molar-refractivity contribution in [3.05, 3.63) is 36.2 Å². The largest absolute Gasteiger partial charge is 0.367 e. The van der Waals surface area contributed by atoms with Crippen LogP contribution in [0.25, 0.3) is 10.9 Å². The molecular formula is C23H27N9O2S. The Bertz CT molecular complexity index is 1400. The monoisotopic (exact) mass is 493 g/mol. The number of aromatic nitrogens is 4. The van der Waals surface area contributed by atoms with E-state index in [0.29, 0.717) is 37.6 Å². The summed E-state index contributed by atoms with van der Waals surface area (Å²) in [6.45, 7) is 2.54. The third-order valence-corrected chi connectivity index (χ3v) is 9.27. The molecule has 6 rings (SSSR count). The Kier molecular flexibility index (Phi) is 5.36. The van der Waals surface area contributed by atoms with Gasteiger partial charge in [0.15, 0.2) is 5.82 Å². The number of hydrogen-bond donors (Lipinski definition) is 3. The van der Waals surface area contributed by atoms with Gasteiger partial charge in [-0.3, -0.25) is 10.1 Å². The fourth-order valence-electron chi connectivity index (χ4n) is 5.53. The molecule has 2 unspecified atom stereocenters. The van der Waals surface area contributed by atoms with Gasteiger partial charge >= 0.3 is 0 Å². The standard InChI is InChI=1S/C23H27N9O2S/c1-14-7-22(30-29-14)27-21-10-20-19(3-2-6-25-20)23(28-21)26-16-8-17-4-5-18(9-16)32(17)35(33,34)31-12-15(11-24)13-31/h2-3,6-7,10,15-18H,4-5,8-9,12-13H2,1H3,(H3,26,27,28,29,30). The normalized spacial score (nSPS) is 25.3. The van der Waals surface area contributed by atoms with Crippen molar-refractivity contribution in [3.8, 4) is 6.07 Å². The van der Waals surface area contributed by atoms with E-state index in [4.69, 9.17) is 10.2 Å². The summed E-state index contributed by atoms with van der Waals surface area (Å²) in [6.07, 6.45) is 4.89. The van der Waals surface area contributed by atoms with Crippen molar-refractivity contribution in [2.24, 2.45) is 5.92 Å². The number of aromatic amines is 1. The van der Waals surface area contributed by atoms with Crippen molar-refractivity contribution >= 4 is 38.6 Å². The highest BCUT2D eigenvalue weighted by Gasteiger charge is 2.51. The molecule has 3 N–H and O–H groups in total. The van der Waals surface area contributed by atoms with E-state index < -0.39 is 10.2 Å². The lowest BCUT2D eigenvalue weighted by atomic mass is 9.99. The molecular weight excluding hydrogens is 466 g/mol. The van der Waals surface area contributed by atoms with E-state index in [1.54, 1.807) is 10.5 Å².